The number of methoxy groups -OCH3 is 1. The van der Waals surface area contributed by atoms with Crippen LogP contribution in [0.5, 0.6) is 5.75 Å². The van der Waals surface area contributed by atoms with E-state index in [-0.39, 0.29) is 28.3 Å². The molecule has 0 bridgehead atoms. The molecule has 4 aliphatic rings. The summed E-state index contributed by atoms with van der Waals surface area (Å²) in [6.45, 7) is 4.73. The van der Waals surface area contributed by atoms with E-state index in [2.05, 4.69) is 33.1 Å². The van der Waals surface area contributed by atoms with E-state index < -0.39 is 5.72 Å². The van der Waals surface area contributed by atoms with Crippen LogP contribution in [0, 0.1) is 23.6 Å². The number of hydrogen-bond donors (Lipinski definition) is 0. The number of hydrogen-bond acceptors (Lipinski definition) is 7. The molecule has 3 unspecified atom stereocenters. The topological polar surface area (TPSA) is 81.8 Å². The molecule has 0 amide bonds. The number of nitrogens with zero attached hydrogens (tertiary/aromatic N) is 5. The molecular weight excluding hydrogens is 497 g/mol. The lowest BCUT2D eigenvalue weighted by molar-refractivity contribution is -0.124. The van der Waals surface area contributed by atoms with Crippen LogP contribution in [0.25, 0.3) is 5.69 Å². The normalized spacial score (nSPS) is 28.8. The number of Topliss-reactive ketones (excluding diaryl/α,β-unsaturated/α-hetero) is 1. The molecule has 0 radical (unpaired) electrons. The number of fused-ring (bicyclic) bond motifs is 2. The number of rotatable bonds is 4. The van der Waals surface area contributed by atoms with Crippen molar-refractivity contribution in [3.05, 3.63) is 71.8 Å². The number of piperidine rings is 1. The quantitative estimate of drug-likeness (QED) is 0.459. The summed E-state index contributed by atoms with van der Waals surface area (Å²) in [6.07, 6.45) is 9.89. The van der Waals surface area contributed by atoms with E-state index in [4.69, 9.17) is 14.7 Å². The summed E-state index contributed by atoms with van der Waals surface area (Å²) in [6, 6.07) is 9.34. The first-order chi connectivity index (χ1) is 18.8. The molecule has 9 heteroatoms. The zero-order valence-corrected chi connectivity index (χ0v) is 22.5. The molecule has 2 aromatic heterocycles. The lowest BCUT2D eigenvalue weighted by Gasteiger charge is -2.53. The zero-order chi connectivity index (χ0) is 27.0. The minimum atomic E-state index is -0.932. The Morgan fingerprint density at radius 3 is 2.69 bits per heavy atom. The minimum Gasteiger partial charge on any atom is -0.495 e. The molecule has 4 heterocycles. The second-order valence-corrected chi connectivity index (χ2v) is 11.9. The molecular formula is C30H32FN5O3. The molecule has 0 N–H and O–H groups in total. The second-order valence-electron chi connectivity index (χ2n) is 11.9. The molecule has 2 spiro atoms. The summed E-state index contributed by atoms with van der Waals surface area (Å²) >= 11 is 0. The average Bonchev–Trinajstić information content (AvgIpc) is 3.37. The van der Waals surface area contributed by atoms with Crippen LogP contribution in [0.3, 0.4) is 0 Å². The third-order valence-corrected chi connectivity index (χ3v) is 9.41. The first kappa shape index (κ1) is 24.3. The fourth-order valence-electron chi connectivity index (χ4n) is 7.16. The van der Waals surface area contributed by atoms with E-state index in [1.54, 1.807) is 19.5 Å². The summed E-state index contributed by atoms with van der Waals surface area (Å²) < 4.78 is 21.5. The Bertz CT molecular complexity index is 1500. The predicted octanol–water partition coefficient (Wildman–Crippen LogP) is 5.25. The summed E-state index contributed by atoms with van der Waals surface area (Å²) in [4.78, 5) is 30.2. The van der Waals surface area contributed by atoms with Crippen LogP contribution in [-0.4, -0.2) is 44.7 Å². The average molecular weight is 530 g/mol. The van der Waals surface area contributed by atoms with Gasteiger partial charge < -0.3 is 19.0 Å². The van der Waals surface area contributed by atoms with Crippen molar-refractivity contribution in [2.24, 2.45) is 16.0 Å². The van der Waals surface area contributed by atoms with Gasteiger partial charge in [0.25, 0.3) is 5.72 Å². The van der Waals surface area contributed by atoms with Gasteiger partial charge in [-0.25, -0.2) is 9.37 Å². The van der Waals surface area contributed by atoms with Crippen molar-refractivity contribution >= 4 is 11.6 Å². The van der Waals surface area contributed by atoms with Crippen LogP contribution in [-0.2, 0) is 15.4 Å². The molecule has 7 rings (SSSR count). The van der Waals surface area contributed by atoms with Crippen molar-refractivity contribution in [1.82, 2.24) is 19.4 Å². The maximum Gasteiger partial charge on any atom is 0.251 e. The number of aromatic nitrogens is 3. The van der Waals surface area contributed by atoms with Crippen LogP contribution in [0.4, 0.5) is 4.39 Å². The van der Waals surface area contributed by atoms with Crippen molar-refractivity contribution in [2.75, 3.05) is 13.7 Å². The number of benzene rings is 1. The fourth-order valence-corrected chi connectivity index (χ4v) is 7.16. The Hall–Kier alpha value is -3.75. The number of carbonyl (C=O) groups is 1. The molecule has 3 fully saturated rings. The lowest BCUT2D eigenvalue weighted by Crippen LogP contribution is -2.59. The van der Waals surface area contributed by atoms with Crippen LogP contribution in [0.1, 0.15) is 68.3 Å². The van der Waals surface area contributed by atoms with Gasteiger partial charge in [-0.05, 0) is 67.9 Å². The number of aryl methyl sites for hydroxylation is 1. The first-order valence-electron chi connectivity index (χ1n) is 13.6. The predicted molar refractivity (Wildman–Crippen MR) is 142 cm³/mol. The van der Waals surface area contributed by atoms with E-state index in [0.29, 0.717) is 25.0 Å². The Balaban J connectivity index is 1.32. The van der Waals surface area contributed by atoms with Gasteiger partial charge in [0.15, 0.2) is 5.84 Å². The van der Waals surface area contributed by atoms with Gasteiger partial charge in [0.2, 0.25) is 0 Å². The zero-order valence-electron chi connectivity index (χ0n) is 22.5. The highest BCUT2D eigenvalue weighted by molar-refractivity contribution is 5.94. The number of carbonyl (C=O) groups excluding carboxylic acids is 1. The van der Waals surface area contributed by atoms with Gasteiger partial charge in [-0.1, -0.05) is 11.2 Å². The fraction of sp³-hybridized carbons (Fsp3) is 0.467. The van der Waals surface area contributed by atoms with Crippen molar-refractivity contribution in [3.63, 3.8) is 0 Å². The molecule has 8 nitrogen and oxygen atoms in total. The molecule has 1 aromatic carbocycles. The standard InChI is InChI=1S/C30H32FN5O3/c1-19-15-35(18-33-19)24-6-4-20(12-25(24)38-3)23-13-22(37)8-9-30(23)16-29(10-11-29)17-36-27(30)34-39-28(36,2)26-7-5-21(31)14-32-26/h4-7,12,14-15,18,23H,8-11,13,16-17H2,1-3H3. The van der Waals surface area contributed by atoms with E-state index in [9.17, 15) is 9.18 Å². The van der Waals surface area contributed by atoms with E-state index in [0.717, 1.165) is 54.3 Å². The lowest BCUT2D eigenvalue weighted by atomic mass is 9.56. The minimum absolute atomic E-state index is 0.0719. The molecule has 3 aromatic rings. The Kier molecular flexibility index (Phi) is 5.22. The van der Waals surface area contributed by atoms with Gasteiger partial charge >= 0.3 is 0 Å². The molecule has 2 saturated carbocycles. The third-order valence-electron chi connectivity index (χ3n) is 9.41. The number of oxime groups is 1. The summed E-state index contributed by atoms with van der Waals surface area (Å²) in [5, 5.41) is 4.75. The number of ether oxygens (including phenoxy) is 1. The first-order valence-corrected chi connectivity index (χ1v) is 13.6. The molecule has 3 atom stereocenters. The molecule has 2 aliphatic heterocycles. The Labute approximate surface area is 226 Å². The summed E-state index contributed by atoms with van der Waals surface area (Å²) in [5.74, 6) is 1.43. The molecule has 1 saturated heterocycles. The van der Waals surface area contributed by atoms with Gasteiger partial charge in [0, 0.05) is 43.8 Å². The monoisotopic (exact) mass is 529 g/mol. The van der Waals surface area contributed by atoms with Crippen molar-refractivity contribution < 1.29 is 18.8 Å². The number of amidine groups is 1. The van der Waals surface area contributed by atoms with Gasteiger partial charge in [-0.15, -0.1) is 0 Å². The number of ketones is 1. The summed E-state index contributed by atoms with van der Waals surface area (Å²) in [5.41, 5.74) is 2.36. The second kappa shape index (κ2) is 8.37. The van der Waals surface area contributed by atoms with E-state index >= 15 is 0 Å². The third kappa shape index (κ3) is 3.69. The molecule has 2 aliphatic carbocycles. The van der Waals surface area contributed by atoms with Gasteiger partial charge in [-0.3, -0.25) is 9.78 Å². The molecule has 202 valence electrons. The SMILES string of the molecule is COc1cc(C2CC(=O)CCC23CC2(CC2)CN2C3=NOC2(C)c2ccc(F)cn2)ccc1-n1cnc(C)c1. The van der Waals surface area contributed by atoms with E-state index in [1.807, 2.05) is 24.6 Å². The highest BCUT2D eigenvalue weighted by atomic mass is 19.1. The Morgan fingerprint density at radius 2 is 2.00 bits per heavy atom. The molecule has 39 heavy (non-hydrogen) atoms. The van der Waals surface area contributed by atoms with Crippen molar-refractivity contribution in [2.45, 2.75) is 64.0 Å². The van der Waals surface area contributed by atoms with Crippen molar-refractivity contribution in [3.8, 4) is 11.4 Å². The maximum absolute atomic E-state index is 13.7. The van der Waals surface area contributed by atoms with Gasteiger partial charge in [-0.2, -0.15) is 0 Å². The number of halogens is 1. The summed E-state index contributed by atoms with van der Waals surface area (Å²) in [7, 11) is 1.67. The van der Waals surface area contributed by atoms with Gasteiger partial charge in [0.05, 0.1) is 31.0 Å². The van der Waals surface area contributed by atoms with Crippen LogP contribution >= 0.6 is 0 Å². The largest absolute Gasteiger partial charge is 0.495 e. The van der Waals surface area contributed by atoms with Gasteiger partial charge in [0.1, 0.15) is 23.0 Å². The van der Waals surface area contributed by atoms with Crippen LogP contribution < -0.4 is 4.74 Å². The maximum atomic E-state index is 13.7. The van der Waals surface area contributed by atoms with Crippen molar-refractivity contribution in [1.29, 1.82) is 0 Å². The van der Waals surface area contributed by atoms with Crippen LogP contribution in [0.2, 0.25) is 0 Å². The van der Waals surface area contributed by atoms with E-state index in [1.165, 1.54) is 12.3 Å². The highest BCUT2D eigenvalue weighted by Gasteiger charge is 2.66. The number of imidazole rings is 1. The van der Waals surface area contributed by atoms with Crippen LogP contribution in [0.15, 0.2) is 54.2 Å². The Morgan fingerprint density at radius 1 is 1.15 bits per heavy atom. The number of pyridine rings is 1. The highest BCUT2D eigenvalue weighted by Crippen LogP contribution is 2.66. The smallest absolute Gasteiger partial charge is 0.251 e.